The predicted octanol–water partition coefficient (Wildman–Crippen LogP) is -0.523. The molecular formula is C13H18N2O5. The van der Waals surface area contributed by atoms with Gasteiger partial charge < -0.3 is 19.6 Å². The molecule has 0 aromatic heterocycles. The fourth-order valence-electron chi connectivity index (χ4n) is 2.37. The second-order valence-electron chi connectivity index (χ2n) is 4.82. The molecule has 2 fully saturated rings. The highest BCUT2D eigenvalue weighted by atomic mass is 16.5. The molecule has 2 heterocycles. The molecule has 0 bridgehead atoms. The van der Waals surface area contributed by atoms with Crippen molar-refractivity contribution in [3.63, 3.8) is 0 Å². The normalized spacial score (nSPS) is 23.3. The largest absolute Gasteiger partial charge is 0.478 e. The number of amides is 2. The van der Waals surface area contributed by atoms with Crippen LogP contribution in [0.2, 0.25) is 0 Å². The first kappa shape index (κ1) is 14.5. The van der Waals surface area contributed by atoms with Gasteiger partial charge in [0.2, 0.25) is 5.91 Å². The number of ether oxygens (including phenoxy) is 1. The van der Waals surface area contributed by atoms with Gasteiger partial charge in [0, 0.05) is 44.9 Å². The molecule has 2 aliphatic rings. The summed E-state index contributed by atoms with van der Waals surface area (Å²) in [6.45, 7) is 2.40. The smallest absolute Gasteiger partial charge is 0.328 e. The molecule has 0 spiro atoms. The second-order valence-corrected chi connectivity index (χ2v) is 4.82. The van der Waals surface area contributed by atoms with Crippen LogP contribution in [0, 0.1) is 0 Å². The van der Waals surface area contributed by atoms with Crippen LogP contribution in [0.5, 0.6) is 0 Å². The van der Waals surface area contributed by atoms with E-state index >= 15 is 0 Å². The van der Waals surface area contributed by atoms with Gasteiger partial charge in [0.25, 0.3) is 5.91 Å². The van der Waals surface area contributed by atoms with E-state index in [1.165, 1.54) is 0 Å². The van der Waals surface area contributed by atoms with E-state index in [9.17, 15) is 14.4 Å². The Morgan fingerprint density at radius 2 is 1.70 bits per heavy atom. The average Bonchev–Trinajstić information content (AvgIpc) is 2.98. The first-order valence-electron chi connectivity index (χ1n) is 6.68. The topological polar surface area (TPSA) is 87.2 Å². The number of carbonyl (C=O) groups is 3. The van der Waals surface area contributed by atoms with Gasteiger partial charge in [0.15, 0.2) is 0 Å². The first-order chi connectivity index (χ1) is 9.58. The molecule has 1 atom stereocenters. The van der Waals surface area contributed by atoms with Gasteiger partial charge in [0.1, 0.15) is 6.10 Å². The maximum Gasteiger partial charge on any atom is 0.328 e. The molecule has 2 amide bonds. The van der Waals surface area contributed by atoms with Crippen molar-refractivity contribution in [1.82, 2.24) is 9.80 Å². The van der Waals surface area contributed by atoms with Crippen molar-refractivity contribution in [2.75, 3.05) is 32.8 Å². The summed E-state index contributed by atoms with van der Waals surface area (Å²) < 4.78 is 5.36. The Bertz CT molecular complexity index is 420. The number of piperazine rings is 1. The monoisotopic (exact) mass is 282 g/mol. The van der Waals surface area contributed by atoms with E-state index < -0.39 is 5.97 Å². The lowest BCUT2D eigenvalue weighted by molar-refractivity contribution is -0.144. The molecule has 2 rings (SSSR count). The van der Waals surface area contributed by atoms with E-state index in [1.54, 1.807) is 9.80 Å². The molecule has 7 nitrogen and oxygen atoms in total. The Kier molecular flexibility index (Phi) is 4.73. The third-order valence-corrected chi connectivity index (χ3v) is 3.48. The van der Waals surface area contributed by atoms with E-state index in [0.29, 0.717) is 32.8 Å². The zero-order valence-corrected chi connectivity index (χ0v) is 11.2. The van der Waals surface area contributed by atoms with Crippen molar-refractivity contribution in [2.45, 2.75) is 18.9 Å². The molecule has 0 radical (unpaired) electrons. The zero-order chi connectivity index (χ0) is 14.5. The highest BCUT2D eigenvalue weighted by Gasteiger charge is 2.30. The van der Waals surface area contributed by atoms with Crippen LogP contribution in [0.25, 0.3) is 0 Å². The molecule has 7 heteroatoms. The van der Waals surface area contributed by atoms with Crippen molar-refractivity contribution >= 4 is 17.8 Å². The summed E-state index contributed by atoms with van der Waals surface area (Å²) in [6.07, 6.45) is 3.21. The van der Waals surface area contributed by atoms with Gasteiger partial charge in [0.05, 0.1) is 0 Å². The Morgan fingerprint density at radius 1 is 1.05 bits per heavy atom. The van der Waals surface area contributed by atoms with Crippen molar-refractivity contribution in [3.05, 3.63) is 12.2 Å². The highest BCUT2D eigenvalue weighted by Crippen LogP contribution is 2.16. The van der Waals surface area contributed by atoms with Crippen LogP contribution in [-0.4, -0.2) is 71.6 Å². The van der Waals surface area contributed by atoms with Crippen molar-refractivity contribution in [1.29, 1.82) is 0 Å². The molecule has 110 valence electrons. The number of hydrogen-bond acceptors (Lipinski definition) is 4. The maximum atomic E-state index is 12.1. The Morgan fingerprint density at radius 3 is 2.25 bits per heavy atom. The number of aliphatic carboxylic acids is 1. The zero-order valence-electron chi connectivity index (χ0n) is 11.2. The number of carboxylic acids is 1. The van der Waals surface area contributed by atoms with Gasteiger partial charge in [-0.1, -0.05) is 0 Å². The van der Waals surface area contributed by atoms with Crippen LogP contribution in [0.3, 0.4) is 0 Å². The van der Waals surface area contributed by atoms with Crippen LogP contribution in [0.15, 0.2) is 12.2 Å². The first-order valence-corrected chi connectivity index (χ1v) is 6.68. The minimum Gasteiger partial charge on any atom is -0.478 e. The lowest BCUT2D eigenvalue weighted by atomic mass is 10.2. The fraction of sp³-hybridized carbons (Fsp3) is 0.615. The Balaban J connectivity index is 1.81. The maximum absolute atomic E-state index is 12.1. The Hall–Kier alpha value is -1.89. The summed E-state index contributed by atoms with van der Waals surface area (Å²) in [7, 11) is 0. The van der Waals surface area contributed by atoms with Gasteiger partial charge in [-0.05, 0) is 12.8 Å². The van der Waals surface area contributed by atoms with Crippen LogP contribution >= 0.6 is 0 Å². The summed E-state index contributed by atoms with van der Waals surface area (Å²) >= 11 is 0. The van der Waals surface area contributed by atoms with E-state index in [0.717, 1.165) is 25.0 Å². The van der Waals surface area contributed by atoms with Gasteiger partial charge in [-0.25, -0.2) is 4.79 Å². The minimum absolute atomic E-state index is 0.00400. The predicted molar refractivity (Wildman–Crippen MR) is 68.9 cm³/mol. The lowest BCUT2D eigenvalue weighted by Gasteiger charge is -2.35. The van der Waals surface area contributed by atoms with Crippen LogP contribution < -0.4 is 0 Å². The number of nitrogens with zero attached hydrogens (tertiary/aromatic N) is 2. The molecule has 20 heavy (non-hydrogen) atoms. The second kappa shape index (κ2) is 6.51. The van der Waals surface area contributed by atoms with Crippen LogP contribution in [0.1, 0.15) is 12.8 Å². The summed E-state index contributed by atoms with van der Waals surface area (Å²) in [5.74, 6) is -1.49. The standard InChI is InChI=1S/C13H18N2O5/c16-11(3-4-12(17)18)14-5-7-15(8-6-14)13(19)10-2-1-9-20-10/h3-4,10H,1-2,5-9H2,(H,17,18)/b4-3+. The van der Waals surface area contributed by atoms with Gasteiger partial charge >= 0.3 is 5.97 Å². The Labute approximate surface area is 116 Å². The van der Waals surface area contributed by atoms with E-state index in [-0.39, 0.29) is 17.9 Å². The third kappa shape index (κ3) is 3.57. The quantitative estimate of drug-likeness (QED) is 0.704. The molecule has 0 aromatic carbocycles. The van der Waals surface area contributed by atoms with E-state index in [1.807, 2.05) is 0 Å². The summed E-state index contributed by atoms with van der Waals surface area (Å²) in [4.78, 5) is 37.4. The van der Waals surface area contributed by atoms with Crippen molar-refractivity contribution < 1.29 is 24.2 Å². The SMILES string of the molecule is O=C(O)/C=C/C(=O)N1CCN(C(=O)C2CCCO2)CC1. The van der Waals surface area contributed by atoms with Gasteiger partial charge in [-0.3, -0.25) is 9.59 Å². The summed E-state index contributed by atoms with van der Waals surface area (Å²) in [5, 5.41) is 8.47. The molecule has 1 N–H and O–H groups in total. The number of rotatable bonds is 3. The summed E-state index contributed by atoms with van der Waals surface area (Å²) in [6, 6.07) is 0. The van der Waals surface area contributed by atoms with Crippen molar-refractivity contribution in [2.24, 2.45) is 0 Å². The van der Waals surface area contributed by atoms with Crippen LogP contribution in [0.4, 0.5) is 0 Å². The van der Waals surface area contributed by atoms with Gasteiger partial charge in [-0.2, -0.15) is 0 Å². The van der Waals surface area contributed by atoms with Crippen LogP contribution in [-0.2, 0) is 19.1 Å². The molecule has 2 saturated heterocycles. The summed E-state index contributed by atoms with van der Waals surface area (Å²) in [5.41, 5.74) is 0. The van der Waals surface area contributed by atoms with Crippen molar-refractivity contribution in [3.8, 4) is 0 Å². The molecule has 0 aromatic rings. The molecule has 0 saturated carbocycles. The number of hydrogen-bond donors (Lipinski definition) is 1. The molecule has 2 aliphatic heterocycles. The highest BCUT2D eigenvalue weighted by molar-refractivity contribution is 5.94. The third-order valence-electron chi connectivity index (χ3n) is 3.48. The van der Waals surface area contributed by atoms with E-state index in [2.05, 4.69) is 0 Å². The molecule has 1 unspecified atom stereocenters. The number of carbonyl (C=O) groups excluding carboxylic acids is 2. The van der Waals surface area contributed by atoms with E-state index in [4.69, 9.17) is 9.84 Å². The van der Waals surface area contributed by atoms with Gasteiger partial charge in [-0.15, -0.1) is 0 Å². The number of carboxylic acid groups (broad SMARTS) is 1. The molecular weight excluding hydrogens is 264 g/mol. The fourth-order valence-corrected chi connectivity index (χ4v) is 2.37. The molecule has 0 aliphatic carbocycles. The minimum atomic E-state index is -1.15. The lowest BCUT2D eigenvalue weighted by Crippen LogP contribution is -2.52. The average molecular weight is 282 g/mol.